The quantitative estimate of drug-likeness (QED) is 0.216. The van der Waals surface area contributed by atoms with Crippen molar-refractivity contribution in [3.05, 3.63) is 17.0 Å². The number of sulfonamides is 1. The van der Waals surface area contributed by atoms with Gasteiger partial charge in [0.15, 0.2) is 5.96 Å². The molecule has 0 amide bonds. The van der Waals surface area contributed by atoms with Crippen molar-refractivity contribution in [1.29, 1.82) is 0 Å². The van der Waals surface area contributed by atoms with Crippen LogP contribution in [0.15, 0.2) is 21.3 Å². The zero-order valence-electron chi connectivity index (χ0n) is 16.4. The summed E-state index contributed by atoms with van der Waals surface area (Å²) >= 11 is 1.27. The van der Waals surface area contributed by atoms with Gasteiger partial charge in [-0.25, -0.2) is 17.7 Å². The summed E-state index contributed by atoms with van der Waals surface area (Å²) < 4.78 is 25.8. The number of nitrogens with zero attached hydrogens (tertiary/aromatic N) is 2. The van der Waals surface area contributed by atoms with Gasteiger partial charge >= 0.3 is 0 Å². The van der Waals surface area contributed by atoms with Crippen molar-refractivity contribution in [2.45, 2.75) is 50.8 Å². The van der Waals surface area contributed by atoms with Crippen LogP contribution in [0.3, 0.4) is 0 Å². The number of aliphatic imine (C=N–C) groups is 1. The lowest BCUT2D eigenvalue weighted by Gasteiger charge is -2.11. The van der Waals surface area contributed by atoms with E-state index >= 15 is 0 Å². The van der Waals surface area contributed by atoms with E-state index in [2.05, 4.69) is 29.5 Å². The Morgan fingerprint density at radius 2 is 1.92 bits per heavy atom. The van der Waals surface area contributed by atoms with E-state index in [-0.39, 0.29) is 24.0 Å². The lowest BCUT2D eigenvalue weighted by atomic mass is 10.1. The molecule has 0 radical (unpaired) electrons. The van der Waals surface area contributed by atoms with Crippen molar-refractivity contribution >= 4 is 51.3 Å². The van der Waals surface area contributed by atoms with E-state index in [4.69, 9.17) is 0 Å². The van der Waals surface area contributed by atoms with E-state index in [0.717, 1.165) is 36.3 Å². The summed E-state index contributed by atoms with van der Waals surface area (Å²) in [4.78, 5) is 5.48. The first kappa shape index (κ1) is 25.6. The van der Waals surface area contributed by atoms with Gasteiger partial charge in [-0.15, -0.1) is 35.3 Å². The van der Waals surface area contributed by atoms with Crippen molar-refractivity contribution in [3.63, 3.8) is 0 Å². The second-order valence-corrected chi connectivity index (χ2v) is 10.1. The largest absolute Gasteiger partial charge is 0.357 e. The monoisotopic (exact) mass is 516 g/mol. The summed E-state index contributed by atoms with van der Waals surface area (Å²) in [5.74, 6) is 1.52. The number of nitrogens with one attached hydrogen (secondary N) is 2. The van der Waals surface area contributed by atoms with Gasteiger partial charge in [-0.05, 0) is 31.4 Å². The molecule has 0 aliphatic heterocycles. The molecule has 26 heavy (non-hydrogen) atoms. The number of hydrogen-bond donors (Lipinski definition) is 2. The molecular weight excluding hydrogens is 483 g/mol. The molecule has 0 unspecified atom stereocenters. The predicted octanol–water partition coefficient (Wildman–Crippen LogP) is 3.50. The van der Waals surface area contributed by atoms with Crippen molar-refractivity contribution in [2.75, 3.05) is 27.2 Å². The molecule has 0 aromatic carbocycles. The molecule has 0 saturated carbocycles. The standard InChI is InChI=1S/C17H32N4O2S2.HI/c1-6-18-17(19-12-8-7-9-14(2)3)20-13-15-10-11-16(24-15)25(22,23)21(4)5;/h10-11,14H,6-9,12-13H2,1-5H3,(H2,18,19,20);1H. The third-order valence-electron chi connectivity index (χ3n) is 3.61. The van der Waals surface area contributed by atoms with Gasteiger partial charge in [0.1, 0.15) is 4.21 Å². The van der Waals surface area contributed by atoms with Crippen LogP contribution < -0.4 is 10.6 Å². The highest BCUT2D eigenvalue weighted by Crippen LogP contribution is 2.24. The third-order valence-corrected chi connectivity index (χ3v) is 6.96. The van der Waals surface area contributed by atoms with E-state index < -0.39 is 10.0 Å². The van der Waals surface area contributed by atoms with E-state index in [1.54, 1.807) is 20.2 Å². The Hall–Kier alpha value is -0.390. The summed E-state index contributed by atoms with van der Waals surface area (Å²) in [6.45, 7) is 8.67. The Balaban J connectivity index is 0.00000625. The van der Waals surface area contributed by atoms with Crippen LogP contribution in [-0.4, -0.2) is 45.9 Å². The average Bonchev–Trinajstić information content (AvgIpc) is 3.01. The van der Waals surface area contributed by atoms with Crippen molar-refractivity contribution in [2.24, 2.45) is 10.9 Å². The number of hydrogen-bond acceptors (Lipinski definition) is 4. The van der Waals surface area contributed by atoms with Gasteiger partial charge in [-0.1, -0.05) is 26.7 Å². The molecule has 0 aliphatic carbocycles. The fourth-order valence-electron chi connectivity index (χ4n) is 2.14. The number of unbranched alkanes of at least 4 members (excludes halogenated alkanes) is 1. The Morgan fingerprint density at radius 1 is 1.23 bits per heavy atom. The molecule has 6 nitrogen and oxygen atoms in total. The zero-order chi connectivity index (χ0) is 18.9. The SMILES string of the molecule is CCNC(=NCc1ccc(S(=O)(=O)N(C)C)s1)NCCCCC(C)C.I. The first-order chi connectivity index (χ1) is 11.8. The molecule has 152 valence electrons. The molecule has 1 aromatic heterocycles. The van der Waals surface area contributed by atoms with Crippen LogP contribution in [0.2, 0.25) is 0 Å². The number of halogens is 1. The average molecular weight is 517 g/mol. The van der Waals surface area contributed by atoms with Gasteiger partial charge in [0.2, 0.25) is 0 Å². The van der Waals surface area contributed by atoms with E-state index in [0.29, 0.717) is 10.8 Å². The molecule has 0 saturated heterocycles. The number of rotatable bonds is 10. The van der Waals surface area contributed by atoms with Crippen molar-refractivity contribution < 1.29 is 8.42 Å². The fourth-order valence-corrected chi connectivity index (χ4v) is 4.59. The minimum absolute atomic E-state index is 0. The van der Waals surface area contributed by atoms with E-state index in [1.165, 1.54) is 28.5 Å². The van der Waals surface area contributed by atoms with Crippen LogP contribution >= 0.6 is 35.3 Å². The minimum Gasteiger partial charge on any atom is -0.357 e. The smallest absolute Gasteiger partial charge is 0.252 e. The summed E-state index contributed by atoms with van der Waals surface area (Å²) in [7, 11) is -0.278. The van der Waals surface area contributed by atoms with Gasteiger partial charge in [0.25, 0.3) is 10.0 Å². The van der Waals surface area contributed by atoms with E-state index in [1.807, 2.05) is 13.0 Å². The van der Waals surface area contributed by atoms with Crippen molar-refractivity contribution in [3.8, 4) is 0 Å². The van der Waals surface area contributed by atoms with Crippen LogP contribution in [0.4, 0.5) is 0 Å². The highest BCUT2D eigenvalue weighted by molar-refractivity contribution is 14.0. The lowest BCUT2D eigenvalue weighted by Crippen LogP contribution is -2.37. The second-order valence-electron chi connectivity index (χ2n) is 6.52. The summed E-state index contributed by atoms with van der Waals surface area (Å²) in [5.41, 5.74) is 0. The van der Waals surface area contributed by atoms with E-state index in [9.17, 15) is 8.42 Å². The van der Waals surface area contributed by atoms with Crippen LogP contribution in [0.5, 0.6) is 0 Å². The predicted molar refractivity (Wildman–Crippen MR) is 122 cm³/mol. The van der Waals surface area contributed by atoms with Gasteiger partial charge < -0.3 is 10.6 Å². The molecular formula is C17H33IN4O2S2. The normalized spacial score (nSPS) is 12.3. The van der Waals surface area contributed by atoms with Crippen LogP contribution in [0.25, 0.3) is 0 Å². The maximum atomic E-state index is 12.1. The Labute approximate surface area is 179 Å². The van der Waals surface area contributed by atoms with Crippen LogP contribution in [0.1, 0.15) is 44.9 Å². The Kier molecular flexibility index (Phi) is 12.7. The topological polar surface area (TPSA) is 73.8 Å². The molecule has 2 N–H and O–H groups in total. The van der Waals surface area contributed by atoms with Crippen molar-refractivity contribution in [1.82, 2.24) is 14.9 Å². The fraction of sp³-hybridized carbons (Fsp3) is 0.706. The van der Waals surface area contributed by atoms with Crippen LogP contribution in [-0.2, 0) is 16.6 Å². The maximum Gasteiger partial charge on any atom is 0.252 e. The number of guanidine groups is 1. The summed E-state index contributed by atoms with van der Waals surface area (Å²) in [6.07, 6.45) is 3.57. The molecule has 0 spiro atoms. The van der Waals surface area contributed by atoms with Crippen LogP contribution in [0, 0.1) is 5.92 Å². The molecule has 1 heterocycles. The lowest BCUT2D eigenvalue weighted by molar-refractivity contribution is 0.523. The molecule has 0 fully saturated rings. The van der Waals surface area contributed by atoms with Gasteiger partial charge in [-0.3, -0.25) is 0 Å². The molecule has 0 atom stereocenters. The molecule has 1 rings (SSSR count). The highest BCUT2D eigenvalue weighted by Gasteiger charge is 2.19. The summed E-state index contributed by atoms with van der Waals surface area (Å²) in [6, 6.07) is 3.48. The Morgan fingerprint density at radius 3 is 2.50 bits per heavy atom. The Bertz CT molecular complexity index is 643. The highest BCUT2D eigenvalue weighted by atomic mass is 127. The van der Waals surface area contributed by atoms with Gasteiger partial charge in [0, 0.05) is 32.1 Å². The molecule has 9 heteroatoms. The van der Waals surface area contributed by atoms with Gasteiger partial charge in [-0.2, -0.15) is 0 Å². The second kappa shape index (κ2) is 12.9. The first-order valence-corrected chi connectivity index (χ1v) is 11.1. The minimum atomic E-state index is -3.36. The zero-order valence-corrected chi connectivity index (χ0v) is 20.4. The molecule has 1 aromatic rings. The van der Waals surface area contributed by atoms with Gasteiger partial charge in [0.05, 0.1) is 6.54 Å². The third kappa shape index (κ3) is 9.01. The molecule has 0 aliphatic rings. The maximum absolute atomic E-state index is 12.1. The summed E-state index contributed by atoms with van der Waals surface area (Å²) in [5, 5.41) is 6.56. The molecule has 0 bridgehead atoms. The number of thiophene rings is 1. The first-order valence-electron chi connectivity index (χ1n) is 8.80.